The smallest absolute Gasteiger partial charge is 0.320 e. The Kier molecular flexibility index (Phi) is 4.56. The Morgan fingerprint density at radius 3 is 2.47 bits per heavy atom. The summed E-state index contributed by atoms with van der Waals surface area (Å²) >= 11 is 0. The lowest BCUT2D eigenvalue weighted by atomic mass is 10.1. The van der Waals surface area contributed by atoms with Gasteiger partial charge in [-0.25, -0.2) is 0 Å². The van der Waals surface area contributed by atoms with Crippen LogP contribution in [-0.4, -0.2) is 53.1 Å². The van der Waals surface area contributed by atoms with Crippen LogP contribution in [0.4, 0.5) is 0 Å². The van der Waals surface area contributed by atoms with E-state index in [9.17, 15) is 4.79 Å². The van der Waals surface area contributed by atoms with Gasteiger partial charge in [0, 0.05) is 32.7 Å². The molecule has 4 heteroatoms. The number of aliphatic carboxylic acids is 1. The molecule has 0 aromatic heterocycles. The molecule has 1 fully saturated rings. The van der Waals surface area contributed by atoms with Gasteiger partial charge >= 0.3 is 5.97 Å². The standard InChI is InChI=1S/C15H22N2O2/c1-12-5-3-4-6-14(12)11-16-7-9-17(10-8-16)13(2)15(18)19/h3-6,13H,7-11H2,1-2H3,(H,18,19)/t13-/m0/s1. The Balaban J connectivity index is 1.87. The quantitative estimate of drug-likeness (QED) is 0.895. The van der Waals surface area contributed by atoms with Crippen molar-refractivity contribution >= 4 is 5.97 Å². The first-order valence-electron chi connectivity index (χ1n) is 6.81. The Bertz CT molecular complexity index is 440. The molecule has 4 nitrogen and oxygen atoms in total. The molecule has 0 radical (unpaired) electrons. The van der Waals surface area contributed by atoms with Crippen LogP contribution in [0.1, 0.15) is 18.1 Å². The fourth-order valence-corrected chi connectivity index (χ4v) is 2.49. The summed E-state index contributed by atoms with van der Waals surface area (Å²) in [7, 11) is 0. The lowest BCUT2D eigenvalue weighted by Crippen LogP contribution is -2.51. The van der Waals surface area contributed by atoms with Crippen LogP contribution >= 0.6 is 0 Å². The van der Waals surface area contributed by atoms with Gasteiger partial charge in [0.1, 0.15) is 6.04 Å². The summed E-state index contributed by atoms with van der Waals surface area (Å²) in [5.74, 6) is -0.729. The Morgan fingerprint density at radius 1 is 1.26 bits per heavy atom. The minimum Gasteiger partial charge on any atom is -0.480 e. The van der Waals surface area contributed by atoms with Gasteiger partial charge in [0.2, 0.25) is 0 Å². The maximum absolute atomic E-state index is 11.0. The van der Waals surface area contributed by atoms with Crippen LogP contribution in [0.25, 0.3) is 0 Å². The van der Waals surface area contributed by atoms with Crippen LogP contribution in [0.3, 0.4) is 0 Å². The van der Waals surface area contributed by atoms with E-state index in [1.165, 1.54) is 11.1 Å². The third kappa shape index (κ3) is 3.55. The van der Waals surface area contributed by atoms with E-state index in [1.54, 1.807) is 6.92 Å². The fourth-order valence-electron chi connectivity index (χ4n) is 2.49. The number of aryl methyl sites for hydroxylation is 1. The maximum Gasteiger partial charge on any atom is 0.320 e. The molecule has 1 aliphatic rings. The average Bonchev–Trinajstić information content (AvgIpc) is 2.41. The second-order valence-corrected chi connectivity index (χ2v) is 5.25. The predicted molar refractivity (Wildman–Crippen MR) is 75.1 cm³/mol. The van der Waals surface area contributed by atoms with E-state index in [0.29, 0.717) is 0 Å². The van der Waals surface area contributed by atoms with E-state index in [2.05, 4.69) is 36.1 Å². The van der Waals surface area contributed by atoms with E-state index in [4.69, 9.17) is 5.11 Å². The van der Waals surface area contributed by atoms with Gasteiger partial charge in [0.25, 0.3) is 0 Å². The highest BCUT2D eigenvalue weighted by atomic mass is 16.4. The second-order valence-electron chi connectivity index (χ2n) is 5.25. The van der Waals surface area contributed by atoms with Gasteiger partial charge in [0.05, 0.1) is 0 Å². The van der Waals surface area contributed by atoms with Gasteiger partial charge in [-0.15, -0.1) is 0 Å². The zero-order chi connectivity index (χ0) is 13.8. The summed E-state index contributed by atoms with van der Waals surface area (Å²) in [6.45, 7) is 8.40. The molecule has 1 heterocycles. The molecule has 1 N–H and O–H groups in total. The molecule has 19 heavy (non-hydrogen) atoms. The third-order valence-corrected chi connectivity index (χ3v) is 3.97. The predicted octanol–water partition coefficient (Wildman–Crippen LogP) is 1.59. The molecule has 1 aliphatic heterocycles. The van der Waals surface area contributed by atoms with E-state index >= 15 is 0 Å². The van der Waals surface area contributed by atoms with Crippen molar-refractivity contribution < 1.29 is 9.90 Å². The lowest BCUT2D eigenvalue weighted by Gasteiger charge is -2.36. The summed E-state index contributed by atoms with van der Waals surface area (Å²) < 4.78 is 0. The monoisotopic (exact) mass is 262 g/mol. The van der Waals surface area contributed by atoms with Crippen LogP contribution in [0.15, 0.2) is 24.3 Å². The van der Waals surface area contributed by atoms with Crippen molar-refractivity contribution in [2.24, 2.45) is 0 Å². The van der Waals surface area contributed by atoms with Crippen LogP contribution < -0.4 is 0 Å². The topological polar surface area (TPSA) is 43.8 Å². The molecule has 1 saturated heterocycles. The number of carboxylic acid groups (broad SMARTS) is 1. The van der Waals surface area contributed by atoms with E-state index in [1.807, 2.05) is 4.90 Å². The number of hydrogen-bond donors (Lipinski definition) is 1. The maximum atomic E-state index is 11.0. The molecule has 1 aromatic carbocycles. The molecule has 0 aliphatic carbocycles. The summed E-state index contributed by atoms with van der Waals surface area (Å²) in [6.07, 6.45) is 0. The SMILES string of the molecule is Cc1ccccc1CN1CCN([C@@H](C)C(=O)O)CC1. The van der Waals surface area contributed by atoms with Crippen molar-refractivity contribution in [3.8, 4) is 0 Å². The molecule has 104 valence electrons. The summed E-state index contributed by atoms with van der Waals surface area (Å²) in [5, 5.41) is 9.02. The van der Waals surface area contributed by atoms with Crippen molar-refractivity contribution in [2.45, 2.75) is 26.4 Å². The molecule has 0 amide bonds. The summed E-state index contributed by atoms with van der Waals surface area (Å²) in [6, 6.07) is 8.07. The summed E-state index contributed by atoms with van der Waals surface area (Å²) in [4.78, 5) is 15.4. The molecular formula is C15H22N2O2. The first-order chi connectivity index (χ1) is 9.08. The van der Waals surface area contributed by atoms with Crippen LogP contribution in [0, 0.1) is 6.92 Å². The Hall–Kier alpha value is -1.39. The van der Waals surface area contributed by atoms with Gasteiger partial charge in [-0.3, -0.25) is 14.6 Å². The Morgan fingerprint density at radius 2 is 1.89 bits per heavy atom. The number of piperazine rings is 1. The minimum absolute atomic E-state index is 0.374. The molecule has 0 spiro atoms. The number of carboxylic acids is 1. The van der Waals surface area contributed by atoms with Gasteiger partial charge in [-0.2, -0.15) is 0 Å². The second kappa shape index (κ2) is 6.17. The highest BCUT2D eigenvalue weighted by molar-refractivity contribution is 5.72. The van der Waals surface area contributed by atoms with Gasteiger partial charge in [0.15, 0.2) is 0 Å². The molecule has 0 unspecified atom stereocenters. The van der Waals surface area contributed by atoms with Gasteiger partial charge < -0.3 is 5.11 Å². The van der Waals surface area contributed by atoms with Gasteiger partial charge in [-0.1, -0.05) is 24.3 Å². The first kappa shape index (κ1) is 14.0. The zero-order valence-electron chi connectivity index (χ0n) is 11.7. The fraction of sp³-hybridized carbons (Fsp3) is 0.533. The number of benzene rings is 1. The van der Waals surface area contributed by atoms with Crippen molar-refractivity contribution in [3.63, 3.8) is 0 Å². The number of nitrogens with zero attached hydrogens (tertiary/aromatic N) is 2. The first-order valence-corrected chi connectivity index (χ1v) is 6.81. The van der Waals surface area contributed by atoms with Crippen LogP contribution in [0.5, 0.6) is 0 Å². The average molecular weight is 262 g/mol. The van der Waals surface area contributed by atoms with Crippen molar-refractivity contribution in [1.82, 2.24) is 9.80 Å². The third-order valence-electron chi connectivity index (χ3n) is 3.97. The minimum atomic E-state index is -0.729. The van der Waals surface area contributed by atoms with E-state index < -0.39 is 5.97 Å². The Labute approximate surface area is 114 Å². The largest absolute Gasteiger partial charge is 0.480 e. The van der Waals surface area contributed by atoms with E-state index in [-0.39, 0.29) is 6.04 Å². The number of carbonyl (C=O) groups is 1. The van der Waals surface area contributed by atoms with Crippen LogP contribution in [0.2, 0.25) is 0 Å². The molecular weight excluding hydrogens is 240 g/mol. The molecule has 0 saturated carbocycles. The summed E-state index contributed by atoms with van der Waals surface area (Å²) in [5.41, 5.74) is 2.69. The van der Waals surface area contributed by atoms with Crippen molar-refractivity contribution in [1.29, 1.82) is 0 Å². The highest BCUT2D eigenvalue weighted by Crippen LogP contribution is 2.13. The molecule has 2 rings (SSSR count). The zero-order valence-corrected chi connectivity index (χ0v) is 11.7. The molecule has 0 bridgehead atoms. The molecule has 1 aromatic rings. The normalized spacial score (nSPS) is 19.3. The van der Waals surface area contributed by atoms with Gasteiger partial charge in [-0.05, 0) is 25.0 Å². The van der Waals surface area contributed by atoms with Crippen LogP contribution in [-0.2, 0) is 11.3 Å². The number of rotatable bonds is 4. The lowest BCUT2D eigenvalue weighted by molar-refractivity contribution is -0.143. The van der Waals surface area contributed by atoms with Crippen molar-refractivity contribution in [3.05, 3.63) is 35.4 Å². The molecule has 1 atom stereocenters. The number of hydrogen-bond acceptors (Lipinski definition) is 3. The highest BCUT2D eigenvalue weighted by Gasteiger charge is 2.25. The van der Waals surface area contributed by atoms with Crippen molar-refractivity contribution in [2.75, 3.05) is 26.2 Å². The van der Waals surface area contributed by atoms with E-state index in [0.717, 1.165) is 32.7 Å².